The number of pyridine rings is 1. The number of carbonyl (C=O) groups excluding carboxylic acids is 1. The maximum atomic E-state index is 13.5. The number of benzene rings is 1. The number of hydrogen-bond acceptors (Lipinski definition) is 3. The zero-order valence-corrected chi connectivity index (χ0v) is 11.6. The Morgan fingerprint density at radius 3 is 2.74 bits per heavy atom. The first-order valence-corrected chi connectivity index (χ1v) is 6.16. The van der Waals surface area contributed by atoms with Crippen LogP contribution in [0.25, 0.3) is 0 Å². The molecular formula is C13H10BrFN2O2. The van der Waals surface area contributed by atoms with E-state index in [1.165, 1.54) is 19.2 Å². The van der Waals surface area contributed by atoms with Crippen LogP contribution in [0.5, 0.6) is 5.75 Å². The van der Waals surface area contributed by atoms with Crippen molar-refractivity contribution in [1.82, 2.24) is 4.98 Å². The number of ether oxygens (including phenoxy) is 1. The van der Waals surface area contributed by atoms with Gasteiger partial charge in [0.2, 0.25) is 0 Å². The molecule has 0 bridgehead atoms. The van der Waals surface area contributed by atoms with Gasteiger partial charge in [-0.25, -0.2) is 9.37 Å². The Morgan fingerprint density at radius 2 is 2.16 bits per heavy atom. The summed E-state index contributed by atoms with van der Waals surface area (Å²) in [5.41, 5.74) is 0.197. The molecule has 1 amide bonds. The third kappa shape index (κ3) is 3.29. The SMILES string of the molecule is COc1ccc(C(=O)Nc2ccc(Br)cn2)cc1F. The molecule has 1 N–H and O–H groups in total. The first-order valence-electron chi connectivity index (χ1n) is 5.36. The second-order valence-electron chi connectivity index (χ2n) is 3.67. The van der Waals surface area contributed by atoms with E-state index in [0.717, 1.165) is 10.5 Å². The molecule has 4 nitrogen and oxygen atoms in total. The van der Waals surface area contributed by atoms with Crippen LogP contribution in [0.3, 0.4) is 0 Å². The molecule has 1 aromatic carbocycles. The Balaban J connectivity index is 2.16. The van der Waals surface area contributed by atoms with Gasteiger partial charge in [0, 0.05) is 16.2 Å². The standard InChI is InChI=1S/C13H10BrFN2O2/c1-19-11-4-2-8(6-10(11)15)13(18)17-12-5-3-9(14)7-16-12/h2-7H,1H3,(H,16,17,18). The second-order valence-corrected chi connectivity index (χ2v) is 4.58. The summed E-state index contributed by atoms with van der Waals surface area (Å²) in [6, 6.07) is 7.39. The van der Waals surface area contributed by atoms with E-state index in [2.05, 4.69) is 26.2 Å². The summed E-state index contributed by atoms with van der Waals surface area (Å²) < 4.78 is 19.1. The summed E-state index contributed by atoms with van der Waals surface area (Å²) in [4.78, 5) is 15.9. The van der Waals surface area contributed by atoms with Crippen molar-refractivity contribution in [2.45, 2.75) is 0 Å². The van der Waals surface area contributed by atoms with Crippen molar-refractivity contribution in [2.24, 2.45) is 0 Å². The minimum atomic E-state index is -0.584. The lowest BCUT2D eigenvalue weighted by Crippen LogP contribution is -2.13. The molecule has 1 aromatic heterocycles. The van der Waals surface area contributed by atoms with Gasteiger partial charge in [-0.05, 0) is 46.3 Å². The molecule has 0 saturated carbocycles. The van der Waals surface area contributed by atoms with E-state index < -0.39 is 11.7 Å². The van der Waals surface area contributed by atoms with E-state index in [0.29, 0.717) is 5.82 Å². The van der Waals surface area contributed by atoms with Gasteiger partial charge in [0.05, 0.1) is 7.11 Å². The second kappa shape index (κ2) is 5.79. The van der Waals surface area contributed by atoms with E-state index in [9.17, 15) is 9.18 Å². The van der Waals surface area contributed by atoms with Crippen LogP contribution < -0.4 is 10.1 Å². The maximum Gasteiger partial charge on any atom is 0.256 e. The highest BCUT2D eigenvalue weighted by Gasteiger charge is 2.10. The lowest BCUT2D eigenvalue weighted by Gasteiger charge is -2.06. The molecule has 0 saturated heterocycles. The highest BCUT2D eigenvalue weighted by Crippen LogP contribution is 2.18. The van der Waals surface area contributed by atoms with Crippen LogP contribution in [-0.2, 0) is 0 Å². The van der Waals surface area contributed by atoms with Crippen molar-refractivity contribution >= 4 is 27.7 Å². The predicted molar refractivity (Wildman–Crippen MR) is 72.8 cm³/mol. The number of aromatic nitrogens is 1. The van der Waals surface area contributed by atoms with Gasteiger partial charge < -0.3 is 10.1 Å². The lowest BCUT2D eigenvalue weighted by atomic mass is 10.2. The zero-order chi connectivity index (χ0) is 13.8. The van der Waals surface area contributed by atoms with E-state index in [1.54, 1.807) is 18.3 Å². The van der Waals surface area contributed by atoms with E-state index in [4.69, 9.17) is 4.74 Å². The van der Waals surface area contributed by atoms with Crippen molar-refractivity contribution in [3.63, 3.8) is 0 Å². The maximum absolute atomic E-state index is 13.5. The Morgan fingerprint density at radius 1 is 1.37 bits per heavy atom. The molecule has 0 unspecified atom stereocenters. The molecule has 0 fully saturated rings. The number of anilines is 1. The summed E-state index contributed by atoms with van der Waals surface area (Å²) in [5, 5.41) is 2.57. The number of nitrogens with one attached hydrogen (secondary N) is 1. The van der Waals surface area contributed by atoms with Crippen LogP contribution >= 0.6 is 15.9 Å². The van der Waals surface area contributed by atoms with E-state index in [1.807, 2.05) is 0 Å². The zero-order valence-electron chi connectivity index (χ0n) is 9.98. The first kappa shape index (κ1) is 13.5. The van der Waals surface area contributed by atoms with Gasteiger partial charge in [-0.2, -0.15) is 0 Å². The Hall–Kier alpha value is -1.95. The minimum absolute atomic E-state index is 0.0957. The summed E-state index contributed by atoms with van der Waals surface area (Å²) in [5.74, 6) is -0.530. The topological polar surface area (TPSA) is 51.2 Å². The average molecular weight is 325 g/mol. The van der Waals surface area contributed by atoms with Gasteiger partial charge in [-0.15, -0.1) is 0 Å². The van der Waals surface area contributed by atoms with Crippen LogP contribution in [0.1, 0.15) is 10.4 Å². The largest absolute Gasteiger partial charge is 0.494 e. The van der Waals surface area contributed by atoms with Crippen molar-refractivity contribution in [2.75, 3.05) is 12.4 Å². The van der Waals surface area contributed by atoms with Crippen molar-refractivity contribution < 1.29 is 13.9 Å². The third-order valence-corrected chi connectivity index (χ3v) is 2.85. The van der Waals surface area contributed by atoms with Gasteiger partial charge >= 0.3 is 0 Å². The molecule has 0 aliphatic carbocycles. The molecule has 2 aromatic rings. The third-order valence-electron chi connectivity index (χ3n) is 2.38. The molecule has 1 heterocycles. The molecule has 19 heavy (non-hydrogen) atoms. The molecule has 0 spiro atoms. The average Bonchev–Trinajstić information content (AvgIpc) is 2.41. The summed E-state index contributed by atoms with van der Waals surface area (Å²) in [6.45, 7) is 0. The Kier molecular flexibility index (Phi) is 4.11. The number of methoxy groups -OCH3 is 1. The van der Waals surface area contributed by atoms with E-state index in [-0.39, 0.29) is 11.3 Å². The number of rotatable bonds is 3. The summed E-state index contributed by atoms with van der Waals surface area (Å²) in [7, 11) is 1.36. The summed E-state index contributed by atoms with van der Waals surface area (Å²) >= 11 is 3.24. The monoisotopic (exact) mass is 324 g/mol. The Labute approximate surface area is 117 Å². The number of nitrogens with zero attached hydrogens (tertiary/aromatic N) is 1. The number of hydrogen-bond donors (Lipinski definition) is 1. The van der Waals surface area contributed by atoms with Gasteiger partial charge in [0.15, 0.2) is 11.6 Å². The van der Waals surface area contributed by atoms with Gasteiger partial charge in [-0.3, -0.25) is 4.79 Å². The first-order chi connectivity index (χ1) is 9.10. The fourth-order valence-electron chi connectivity index (χ4n) is 1.45. The minimum Gasteiger partial charge on any atom is -0.494 e. The quantitative estimate of drug-likeness (QED) is 0.942. The predicted octanol–water partition coefficient (Wildman–Crippen LogP) is 3.24. The lowest BCUT2D eigenvalue weighted by molar-refractivity contribution is 0.102. The van der Waals surface area contributed by atoms with Crippen LogP contribution in [-0.4, -0.2) is 18.0 Å². The highest BCUT2D eigenvalue weighted by molar-refractivity contribution is 9.10. The smallest absolute Gasteiger partial charge is 0.256 e. The van der Waals surface area contributed by atoms with Crippen LogP contribution in [0, 0.1) is 5.82 Å². The summed E-state index contributed by atoms with van der Waals surface area (Å²) in [6.07, 6.45) is 1.56. The molecule has 98 valence electrons. The van der Waals surface area contributed by atoms with Gasteiger partial charge in [-0.1, -0.05) is 0 Å². The van der Waals surface area contributed by atoms with Crippen LogP contribution in [0.15, 0.2) is 41.0 Å². The molecule has 0 atom stereocenters. The molecule has 6 heteroatoms. The molecule has 0 radical (unpaired) electrons. The van der Waals surface area contributed by atoms with Crippen molar-refractivity contribution in [1.29, 1.82) is 0 Å². The number of carbonyl (C=O) groups is 1. The van der Waals surface area contributed by atoms with Gasteiger partial charge in [0.1, 0.15) is 5.82 Å². The van der Waals surface area contributed by atoms with Crippen LogP contribution in [0.4, 0.5) is 10.2 Å². The molecule has 2 rings (SSSR count). The highest BCUT2D eigenvalue weighted by atomic mass is 79.9. The number of amides is 1. The number of halogens is 2. The molecular weight excluding hydrogens is 315 g/mol. The van der Waals surface area contributed by atoms with E-state index >= 15 is 0 Å². The molecule has 0 aliphatic rings. The fraction of sp³-hybridized carbons (Fsp3) is 0.0769. The Bertz CT molecular complexity index is 602. The van der Waals surface area contributed by atoms with Crippen LogP contribution in [0.2, 0.25) is 0 Å². The van der Waals surface area contributed by atoms with Crippen molar-refractivity contribution in [3.05, 3.63) is 52.4 Å². The molecule has 0 aliphatic heterocycles. The van der Waals surface area contributed by atoms with Crippen molar-refractivity contribution in [3.8, 4) is 5.75 Å². The normalized spacial score (nSPS) is 10.1. The fourth-order valence-corrected chi connectivity index (χ4v) is 1.68. The van der Waals surface area contributed by atoms with Gasteiger partial charge in [0.25, 0.3) is 5.91 Å².